The van der Waals surface area contributed by atoms with Crippen LogP contribution in [0.4, 0.5) is 17.8 Å². The van der Waals surface area contributed by atoms with Crippen molar-refractivity contribution >= 4 is 35.4 Å². The lowest BCUT2D eigenvalue weighted by Gasteiger charge is -2.07. The fraction of sp³-hybridized carbons (Fsp3) is 0.333. The molecule has 0 atom stereocenters. The summed E-state index contributed by atoms with van der Waals surface area (Å²) in [7, 11) is 0. The van der Waals surface area contributed by atoms with E-state index >= 15 is 0 Å². The van der Waals surface area contributed by atoms with E-state index in [2.05, 4.69) is 36.1 Å². The molecule has 0 unspecified atom stereocenters. The third-order valence-electron chi connectivity index (χ3n) is 2.20. The van der Waals surface area contributed by atoms with Gasteiger partial charge in [0.15, 0.2) is 0 Å². The molecule has 0 saturated carbocycles. The second-order valence-corrected chi connectivity index (χ2v) is 4.73. The van der Waals surface area contributed by atoms with E-state index in [1.165, 1.54) is 0 Å². The summed E-state index contributed by atoms with van der Waals surface area (Å²) in [5.41, 5.74) is 2.81. The van der Waals surface area contributed by atoms with Gasteiger partial charge in [-0.15, -0.1) is 11.3 Å². The maximum atomic E-state index is 4.24. The normalized spacial score (nSPS) is 10.7. The minimum atomic E-state index is 0.403. The highest BCUT2D eigenvalue weighted by Crippen LogP contribution is 2.09. The van der Waals surface area contributed by atoms with E-state index < -0.39 is 0 Å². The number of hydrazone groups is 1. The Labute approximate surface area is 121 Å². The third kappa shape index (κ3) is 4.16. The first-order valence-electron chi connectivity index (χ1n) is 6.38. The maximum Gasteiger partial charge on any atom is 0.250 e. The minimum Gasteiger partial charge on any atom is -0.354 e. The molecule has 0 amide bonds. The van der Waals surface area contributed by atoms with Gasteiger partial charge in [-0.2, -0.15) is 20.1 Å². The molecule has 0 radical (unpaired) electrons. The Bertz CT molecular complexity index is 529. The standard InChI is InChI=1S/C12H17N7S/c1-3-13-10-16-11(14-4-2)18-12(17-10)19-15-8-9-6-5-7-20-9/h5-8H,3-4H2,1-2H3,(H3,13,14,16,17,18,19)/b15-8+. The Morgan fingerprint density at radius 1 is 1.10 bits per heavy atom. The highest BCUT2D eigenvalue weighted by atomic mass is 32.1. The Balaban J connectivity index is 2.08. The van der Waals surface area contributed by atoms with Gasteiger partial charge in [0.1, 0.15) is 0 Å². The average molecular weight is 291 g/mol. The van der Waals surface area contributed by atoms with Crippen molar-refractivity contribution < 1.29 is 0 Å². The zero-order valence-electron chi connectivity index (χ0n) is 11.4. The summed E-state index contributed by atoms with van der Waals surface area (Å²) in [6.45, 7) is 5.46. The Morgan fingerprint density at radius 3 is 2.30 bits per heavy atom. The van der Waals surface area contributed by atoms with Crippen LogP contribution in [-0.4, -0.2) is 34.3 Å². The lowest BCUT2D eigenvalue weighted by atomic mass is 10.5. The fourth-order valence-electron chi connectivity index (χ4n) is 1.42. The van der Waals surface area contributed by atoms with Crippen molar-refractivity contribution in [3.63, 3.8) is 0 Å². The van der Waals surface area contributed by atoms with Gasteiger partial charge in [-0.25, -0.2) is 5.43 Å². The molecule has 2 aromatic rings. The van der Waals surface area contributed by atoms with Gasteiger partial charge in [-0.1, -0.05) is 6.07 Å². The van der Waals surface area contributed by atoms with Gasteiger partial charge < -0.3 is 10.6 Å². The number of aromatic nitrogens is 3. The topological polar surface area (TPSA) is 87.1 Å². The number of nitrogens with one attached hydrogen (secondary N) is 3. The largest absolute Gasteiger partial charge is 0.354 e. The molecule has 8 heteroatoms. The molecule has 2 rings (SSSR count). The molecule has 106 valence electrons. The lowest BCUT2D eigenvalue weighted by Crippen LogP contribution is -2.10. The lowest BCUT2D eigenvalue weighted by molar-refractivity contribution is 0.992. The van der Waals surface area contributed by atoms with E-state index in [0.29, 0.717) is 17.8 Å². The van der Waals surface area contributed by atoms with Gasteiger partial charge >= 0.3 is 0 Å². The van der Waals surface area contributed by atoms with Crippen molar-refractivity contribution in [1.82, 2.24) is 15.0 Å². The van der Waals surface area contributed by atoms with Gasteiger partial charge in [-0.3, -0.25) is 0 Å². The summed E-state index contributed by atoms with van der Waals surface area (Å²) < 4.78 is 0. The van der Waals surface area contributed by atoms with Crippen LogP contribution in [0.25, 0.3) is 0 Å². The maximum absolute atomic E-state index is 4.24. The second kappa shape index (κ2) is 7.39. The van der Waals surface area contributed by atoms with Crippen LogP contribution >= 0.6 is 11.3 Å². The molecule has 0 aromatic carbocycles. The van der Waals surface area contributed by atoms with Crippen LogP contribution in [0.15, 0.2) is 22.6 Å². The predicted molar refractivity (Wildman–Crippen MR) is 83.7 cm³/mol. The van der Waals surface area contributed by atoms with Crippen LogP contribution in [0.3, 0.4) is 0 Å². The zero-order valence-corrected chi connectivity index (χ0v) is 12.2. The highest BCUT2D eigenvalue weighted by Gasteiger charge is 2.04. The van der Waals surface area contributed by atoms with Crippen molar-refractivity contribution in [1.29, 1.82) is 0 Å². The quantitative estimate of drug-likeness (QED) is 0.536. The van der Waals surface area contributed by atoms with E-state index in [1.54, 1.807) is 17.6 Å². The molecule has 20 heavy (non-hydrogen) atoms. The Morgan fingerprint density at radius 2 is 1.75 bits per heavy atom. The summed E-state index contributed by atoms with van der Waals surface area (Å²) in [5.74, 6) is 1.44. The van der Waals surface area contributed by atoms with Crippen molar-refractivity contribution in [3.8, 4) is 0 Å². The monoisotopic (exact) mass is 291 g/mol. The summed E-state index contributed by atoms with van der Waals surface area (Å²) in [5, 5.41) is 12.2. The second-order valence-electron chi connectivity index (χ2n) is 3.75. The fourth-order valence-corrected chi connectivity index (χ4v) is 2.00. The molecule has 0 aliphatic carbocycles. The zero-order chi connectivity index (χ0) is 14.2. The van der Waals surface area contributed by atoms with Gasteiger partial charge in [0.05, 0.1) is 6.21 Å². The van der Waals surface area contributed by atoms with E-state index in [-0.39, 0.29) is 0 Å². The van der Waals surface area contributed by atoms with Gasteiger partial charge in [-0.05, 0) is 25.3 Å². The number of hydrogen-bond donors (Lipinski definition) is 3. The van der Waals surface area contributed by atoms with Gasteiger partial charge in [0.2, 0.25) is 17.8 Å². The predicted octanol–water partition coefficient (Wildman–Crippen LogP) is 2.24. The molecule has 0 aliphatic rings. The van der Waals surface area contributed by atoms with Crippen molar-refractivity contribution in [2.75, 3.05) is 29.1 Å². The number of anilines is 3. The summed E-state index contributed by atoms with van der Waals surface area (Å²) in [4.78, 5) is 13.8. The summed E-state index contributed by atoms with van der Waals surface area (Å²) in [6.07, 6.45) is 1.73. The smallest absolute Gasteiger partial charge is 0.250 e. The van der Waals surface area contributed by atoms with Crippen molar-refractivity contribution in [3.05, 3.63) is 22.4 Å². The molecular formula is C12H17N7S. The first kappa shape index (κ1) is 14.2. The van der Waals surface area contributed by atoms with Crippen LogP contribution in [-0.2, 0) is 0 Å². The molecular weight excluding hydrogens is 274 g/mol. The van der Waals surface area contributed by atoms with E-state index in [9.17, 15) is 0 Å². The number of hydrogen-bond acceptors (Lipinski definition) is 8. The van der Waals surface area contributed by atoms with Gasteiger partial charge in [0.25, 0.3) is 0 Å². The Kier molecular flexibility index (Phi) is 5.24. The van der Waals surface area contributed by atoms with Crippen molar-refractivity contribution in [2.45, 2.75) is 13.8 Å². The van der Waals surface area contributed by atoms with Crippen molar-refractivity contribution in [2.24, 2.45) is 5.10 Å². The first-order valence-corrected chi connectivity index (χ1v) is 7.26. The van der Waals surface area contributed by atoms with Crippen LogP contribution in [0, 0.1) is 0 Å². The molecule has 0 bridgehead atoms. The molecule has 2 heterocycles. The SMILES string of the molecule is CCNc1nc(NCC)nc(N/N=C/c2cccs2)n1. The molecule has 7 nitrogen and oxygen atoms in total. The molecule has 0 aliphatic heterocycles. The van der Waals surface area contributed by atoms with E-state index in [1.807, 2.05) is 31.4 Å². The molecule has 3 N–H and O–H groups in total. The molecule has 2 aromatic heterocycles. The summed E-state index contributed by atoms with van der Waals surface area (Å²) >= 11 is 1.61. The van der Waals surface area contributed by atoms with E-state index in [4.69, 9.17) is 0 Å². The number of thiophene rings is 1. The average Bonchev–Trinajstić information content (AvgIpc) is 2.92. The minimum absolute atomic E-state index is 0.403. The highest BCUT2D eigenvalue weighted by molar-refractivity contribution is 7.11. The molecule has 0 saturated heterocycles. The first-order chi connectivity index (χ1) is 9.81. The Hall–Kier alpha value is -2.22. The molecule has 0 spiro atoms. The van der Waals surface area contributed by atoms with E-state index in [0.717, 1.165) is 18.0 Å². The number of nitrogens with zero attached hydrogens (tertiary/aromatic N) is 4. The molecule has 0 fully saturated rings. The van der Waals surface area contributed by atoms with Crippen LogP contribution < -0.4 is 16.1 Å². The summed E-state index contributed by atoms with van der Waals surface area (Å²) in [6, 6.07) is 3.96. The third-order valence-corrected chi connectivity index (χ3v) is 3.01. The van der Waals surface area contributed by atoms with Crippen LogP contribution in [0.5, 0.6) is 0 Å². The van der Waals surface area contributed by atoms with Crippen LogP contribution in [0.1, 0.15) is 18.7 Å². The van der Waals surface area contributed by atoms with Crippen LogP contribution in [0.2, 0.25) is 0 Å². The number of rotatable bonds is 7. The van der Waals surface area contributed by atoms with Gasteiger partial charge in [0, 0.05) is 18.0 Å².